The summed E-state index contributed by atoms with van der Waals surface area (Å²) in [4.78, 5) is 12.2. The molecule has 0 spiro atoms. The number of hydrazone groups is 1. The number of nitrogens with one attached hydrogen (secondary N) is 1. The summed E-state index contributed by atoms with van der Waals surface area (Å²) in [5.41, 5.74) is 4.74. The van der Waals surface area contributed by atoms with Crippen molar-refractivity contribution in [1.29, 1.82) is 0 Å². The monoisotopic (exact) mass is 396 g/mol. The van der Waals surface area contributed by atoms with Gasteiger partial charge in [-0.15, -0.1) is 0 Å². The minimum atomic E-state index is -0.209. The molecule has 0 aliphatic rings. The number of fused-ring (bicyclic) bond motifs is 1. The van der Waals surface area contributed by atoms with Gasteiger partial charge in [-0.1, -0.05) is 58.4 Å². The number of nitrogens with zero attached hydrogens (tertiary/aromatic N) is 1. The van der Waals surface area contributed by atoms with Gasteiger partial charge >= 0.3 is 0 Å². The number of carbonyl (C=O) groups is 1. The van der Waals surface area contributed by atoms with Crippen LogP contribution >= 0.6 is 15.9 Å². The molecule has 3 aromatic carbocycles. The Labute approximate surface area is 154 Å². The van der Waals surface area contributed by atoms with Crippen LogP contribution in [0, 0.1) is 6.92 Å². The molecule has 126 valence electrons. The van der Waals surface area contributed by atoms with Crippen molar-refractivity contribution in [1.82, 2.24) is 5.43 Å². The van der Waals surface area contributed by atoms with Crippen molar-refractivity contribution in [2.75, 3.05) is 0 Å². The van der Waals surface area contributed by atoms with Gasteiger partial charge in [0.05, 0.1) is 12.6 Å². The molecule has 25 heavy (non-hydrogen) atoms. The zero-order valence-electron chi connectivity index (χ0n) is 13.7. The number of benzene rings is 3. The average Bonchev–Trinajstić information content (AvgIpc) is 2.59. The van der Waals surface area contributed by atoms with Gasteiger partial charge in [0.1, 0.15) is 5.75 Å². The lowest BCUT2D eigenvalue weighted by Crippen LogP contribution is -2.19. The third kappa shape index (κ3) is 4.06. The molecule has 3 aromatic rings. The Morgan fingerprint density at radius 1 is 1.20 bits per heavy atom. The number of carbonyl (C=O) groups excluding carboxylic acids is 1. The lowest BCUT2D eigenvalue weighted by atomic mass is 10.0. The lowest BCUT2D eigenvalue weighted by molar-refractivity contribution is -0.120. The van der Waals surface area contributed by atoms with E-state index in [1.807, 2.05) is 48.5 Å². The van der Waals surface area contributed by atoms with E-state index < -0.39 is 0 Å². The molecule has 0 radical (unpaired) electrons. The summed E-state index contributed by atoms with van der Waals surface area (Å²) in [6.45, 7) is 1.80. The molecule has 0 unspecified atom stereocenters. The first-order valence-corrected chi connectivity index (χ1v) is 8.61. The summed E-state index contributed by atoms with van der Waals surface area (Å²) in [5, 5.41) is 16.1. The van der Waals surface area contributed by atoms with Crippen molar-refractivity contribution in [2.24, 2.45) is 5.10 Å². The van der Waals surface area contributed by atoms with Gasteiger partial charge in [0.25, 0.3) is 0 Å². The summed E-state index contributed by atoms with van der Waals surface area (Å²) in [6, 6.07) is 17.4. The van der Waals surface area contributed by atoms with Crippen molar-refractivity contribution in [3.8, 4) is 5.75 Å². The number of phenolic OH excluding ortho intramolecular Hbond substituents is 1. The summed E-state index contributed by atoms with van der Waals surface area (Å²) in [6.07, 6.45) is 1.68. The number of hydrogen-bond donors (Lipinski definition) is 2. The molecule has 0 saturated carbocycles. The Morgan fingerprint density at radius 3 is 2.80 bits per heavy atom. The van der Waals surface area contributed by atoms with Crippen molar-refractivity contribution in [2.45, 2.75) is 13.3 Å². The number of halogens is 1. The van der Waals surface area contributed by atoms with E-state index >= 15 is 0 Å². The first-order chi connectivity index (χ1) is 12.0. The highest BCUT2D eigenvalue weighted by molar-refractivity contribution is 9.10. The first kappa shape index (κ1) is 17.2. The molecule has 4 nitrogen and oxygen atoms in total. The van der Waals surface area contributed by atoms with Gasteiger partial charge in [-0.3, -0.25) is 4.79 Å². The lowest BCUT2D eigenvalue weighted by Gasteiger charge is -2.06. The fraction of sp³-hybridized carbons (Fsp3) is 0.100. The molecule has 0 fully saturated rings. The SMILES string of the molecule is Cc1cc(Br)cc(C=NNC(=O)Cc2cccc3ccccc23)c1O. The zero-order chi connectivity index (χ0) is 17.8. The fourth-order valence-corrected chi connectivity index (χ4v) is 3.28. The van der Waals surface area contributed by atoms with E-state index in [1.54, 1.807) is 13.0 Å². The van der Waals surface area contributed by atoms with Crippen molar-refractivity contribution >= 4 is 38.8 Å². The molecule has 0 atom stereocenters. The van der Waals surface area contributed by atoms with Crippen LogP contribution in [0.25, 0.3) is 10.8 Å². The molecule has 0 bridgehead atoms. The zero-order valence-corrected chi connectivity index (χ0v) is 15.2. The normalized spacial score (nSPS) is 11.1. The molecular formula is C20H17BrN2O2. The third-order valence-corrected chi connectivity index (χ3v) is 4.38. The van der Waals surface area contributed by atoms with E-state index in [9.17, 15) is 9.90 Å². The Kier molecular flexibility index (Phi) is 5.14. The molecule has 0 aliphatic heterocycles. The topological polar surface area (TPSA) is 61.7 Å². The number of phenols is 1. The van der Waals surface area contributed by atoms with E-state index in [-0.39, 0.29) is 18.1 Å². The number of aromatic hydroxyl groups is 1. The van der Waals surface area contributed by atoms with E-state index in [0.29, 0.717) is 5.56 Å². The van der Waals surface area contributed by atoms with Crippen LogP contribution in [0.5, 0.6) is 5.75 Å². The van der Waals surface area contributed by atoms with Gasteiger partial charge in [0.15, 0.2) is 0 Å². The second kappa shape index (κ2) is 7.49. The second-order valence-corrected chi connectivity index (χ2v) is 6.68. The van der Waals surface area contributed by atoms with E-state index in [2.05, 4.69) is 26.5 Å². The highest BCUT2D eigenvalue weighted by Crippen LogP contribution is 2.25. The number of rotatable bonds is 4. The van der Waals surface area contributed by atoms with E-state index in [0.717, 1.165) is 26.4 Å². The largest absolute Gasteiger partial charge is 0.507 e. The van der Waals surface area contributed by atoms with E-state index in [4.69, 9.17) is 0 Å². The molecule has 0 heterocycles. The van der Waals surface area contributed by atoms with Gasteiger partial charge in [-0.05, 0) is 41.0 Å². The number of amides is 1. The summed E-state index contributed by atoms with van der Waals surface area (Å²) in [5.74, 6) is -0.0611. The van der Waals surface area contributed by atoms with Gasteiger partial charge in [0.2, 0.25) is 5.91 Å². The molecule has 0 aliphatic carbocycles. The van der Waals surface area contributed by atoms with Crippen LogP contribution in [0.3, 0.4) is 0 Å². The molecule has 5 heteroatoms. The fourth-order valence-electron chi connectivity index (χ4n) is 2.69. The van der Waals surface area contributed by atoms with Crippen LogP contribution in [0.15, 0.2) is 64.2 Å². The van der Waals surface area contributed by atoms with Crippen molar-refractivity contribution < 1.29 is 9.90 Å². The average molecular weight is 397 g/mol. The smallest absolute Gasteiger partial charge is 0.244 e. The highest BCUT2D eigenvalue weighted by atomic mass is 79.9. The van der Waals surface area contributed by atoms with Crippen LogP contribution in [-0.2, 0) is 11.2 Å². The molecule has 1 amide bonds. The minimum Gasteiger partial charge on any atom is -0.507 e. The Morgan fingerprint density at radius 2 is 1.96 bits per heavy atom. The maximum atomic E-state index is 12.2. The van der Waals surface area contributed by atoms with Crippen LogP contribution in [0.1, 0.15) is 16.7 Å². The quantitative estimate of drug-likeness (QED) is 0.509. The maximum Gasteiger partial charge on any atom is 0.244 e. The standard InChI is InChI=1S/C20H17BrN2O2/c1-13-9-17(21)10-16(20(13)25)12-22-23-19(24)11-15-7-4-6-14-5-2-3-8-18(14)15/h2-10,12,25H,11H2,1H3,(H,23,24). The van der Waals surface area contributed by atoms with Crippen LogP contribution < -0.4 is 5.43 Å². The Bertz CT molecular complexity index is 962. The predicted octanol–water partition coefficient (Wildman–Crippen LogP) is 4.31. The highest BCUT2D eigenvalue weighted by Gasteiger charge is 2.07. The second-order valence-electron chi connectivity index (χ2n) is 5.77. The van der Waals surface area contributed by atoms with Gasteiger partial charge in [-0.2, -0.15) is 5.10 Å². The number of hydrogen-bond acceptors (Lipinski definition) is 3. The van der Waals surface area contributed by atoms with Crippen molar-refractivity contribution in [3.63, 3.8) is 0 Å². The molecule has 3 rings (SSSR count). The molecular weight excluding hydrogens is 380 g/mol. The van der Waals surface area contributed by atoms with Crippen LogP contribution in [0.4, 0.5) is 0 Å². The molecule has 2 N–H and O–H groups in total. The van der Waals surface area contributed by atoms with Crippen molar-refractivity contribution in [3.05, 3.63) is 75.8 Å². The van der Waals surface area contributed by atoms with E-state index in [1.165, 1.54) is 6.21 Å². The van der Waals surface area contributed by atoms with Crippen LogP contribution in [0.2, 0.25) is 0 Å². The first-order valence-electron chi connectivity index (χ1n) is 7.82. The summed E-state index contributed by atoms with van der Waals surface area (Å²) >= 11 is 3.38. The van der Waals surface area contributed by atoms with Crippen LogP contribution in [-0.4, -0.2) is 17.2 Å². The Balaban J connectivity index is 1.71. The third-order valence-electron chi connectivity index (χ3n) is 3.92. The molecule has 0 saturated heterocycles. The van der Waals surface area contributed by atoms with Gasteiger partial charge in [-0.25, -0.2) is 5.43 Å². The number of aryl methyl sites for hydroxylation is 1. The maximum absolute atomic E-state index is 12.2. The summed E-state index contributed by atoms with van der Waals surface area (Å²) < 4.78 is 0.839. The van der Waals surface area contributed by atoms with Gasteiger partial charge < -0.3 is 5.11 Å². The summed E-state index contributed by atoms with van der Waals surface area (Å²) in [7, 11) is 0. The minimum absolute atomic E-state index is 0.148. The molecule has 0 aromatic heterocycles. The predicted molar refractivity (Wildman–Crippen MR) is 104 cm³/mol. The Hall–Kier alpha value is -2.66. The van der Waals surface area contributed by atoms with Gasteiger partial charge in [0, 0.05) is 10.0 Å².